The largest absolute Gasteiger partial charge is 0.377 e. The summed E-state index contributed by atoms with van der Waals surface area (Å²) in [4.78, 5) is 2.45. The van der Waals surface area contributed by atoms with Crippen molar-refractivity contribution in [1.29, 1.82) is 0 Å². The maximum atomic E-state index is 5.86. The van der Waals surface area contributed by atoms with Gasteiger partial charge in [0, 0.05) is 18.8 Å². The smallest absolute Gasteiger partial charge is 0.0670 e. The van der Waals surface area contributed by atoms with Crippen LogP contribution in [0.25, 0.3) is 0 Å². The maximum Gasteiger partial charge on any atom is 0.0670 e. The third-order valence-electron chi connectivity index (χ3n) is 3.46. The molecule has 1 atom stereocenters. The molecule has 2 rings (SSSR count). The Morgan fingerprint density at radius 3 is 3.00 bits per heavy atom. The van der Waals surface area contributed by atoms with E-state index in [1.54, 1.807) is 0 Å². The Labute approximate surface area is 104 Å². The Balaban J connectivity index is 2.30. The van der Waals surface area contributed by atoms with Gasteiger partial charge in [-0.05, 0) is 25.0 Å². The van der Waals surface area contributed by atoms with Crippen molar-refractivity contribution in [2.45, 2.75) is 32.9 Å². The van der Waals surface area contributed by atoms with Crippen molar-refractivity contribution in [3.05, 3.63) is 29.3 Å². The molecule has 1 fully saturated rings. The SMILES string of the molecule is CCC1COCCN1c1ccc(C)cc1CN. The Morgan fingerprint density at radius 2 is 2.29 bits per heavy atom. The normalized spacial score (nSPS) is 20.6. The molecule has 1 aromatic carbocycles. The first-order chi connectivity index (χ1) is 8.26. The molecule has 3 nitrogen and oxygen atoms in total. The molecule has 3 heteroatoms. The number of ether oxygens (including phenoxy) is 1. The summed E-state index contributed by atoms with van der Waals surface area (Å²) in [6.45, 7) is 7.53. The van der Waals surface area contributed by atoms with E-state index in [-0.39, 0.29) is 0 Å². The highest BCUT2D eigenvalue weighted by molar-refractivity contribution is 5.56. The monoisotopic (exact) mass is 234 g/mol. The summed E-state index contributed by atoms with van der Waals surface area (Å²) >= 11 is 0. The van der Waals surface area contributed by atoms with Crippen molar-refractivity contribution in [1.82, 2.24) is 0 Å². The summed E-state index contributed by atoms with van der Waals surface area (Å²) in [5.74, 6) is 0. The highest BCUT2D eigenvalue weighted by Crippen LogP contribution is 2.26. The fraction of sp³-hybridized carbons (Fsp3) is 0.571. The molecule has 94 valence electrons. The van der Waals surface area contributed by atoms with E-state index in [4.69, 9.17) is 10.5 Å². The van der Waals surface area contributed by atoms with E-state index in [2.05, 4.69) is 36.9 Å². The quantitative estimate of drug-likeness (QED) is 0.870. The molecule has 0 aliphatic carbocycles. The summed E-state index contributed by atoms with van der Waals surface area (Å²) in [5.41, 5.74) is 9.66. The summed E-state index contributed by atoms with van der Waals surface area (Å²) in [5, 5.41) is 0. The van der Waals surface area contributed by atoms with Crippen LogP contribution in [0.5, 0.6) is 0 Å². The van der Waals surface area contributed by atoms with Crippen LogP contribution in [0.3, 0.4) is 0 Å². The minimum atomic E-state index is 0.483. The molecule has 0 bridgehead atoms. The van der Waals surface area contributed by atoms with Gasteiger partial charge in [0.15, 0.2) is 0 Å². The molecule has 0 radical (unpaired) electrons. The number of nitrogens with two attached hydrogens (primary N) is 1. The Kier molecular flexibility index (Phi) is 4.02. The zero-order valence-corrected chi connectivity index (χ0v) is 10.8. The molecule has 0 saturated carbocycles. The number of hydrogen-bond acceptors (Lipinski definition) is 3. The molecular formula is C14H22N2O. The fourth-order valence-corrected chi connectivity index (χ4v) is 2.47. The van der Waals surface area contributed by atoms with Gasteiger partial charge in [0.1, 0.15) is 0 Å². The Morgan fingerprint density at radius 1 is 1.47 bits per heavy atom. The molecule has 1 aliphatic heterocycles. The van der Waals surface area contributed by atoms with Crippen LogP contribution in [0.15, 0.2) is 18.2 Å². The fourth-order valence-electron chi connectivity index (χ4n) is 2.47. The van der Waals surface area contributed by atoms with Crippen LogP contribution in [-0.2, 0) is 11.3 Å². The van der Waals surface area contributed by atoms with Gasteiger partial charge in [0.05, 0.1) is 19.3 Å². The van der Waals surface area contributed by atoms with Gasteiger partial charge in [-0.15, -0.1) is 0 Å². The van der Waals surface area contributed by atoms with Crippen LogP contribution in [-0.4, -0.2) is 25.8 Å². The van der Waals surface area contributed by atoms with E-state index in [0.717, 1.165) is 26.2 Å². The van der Waals surface area contributed by atoms with Gasteiger partial charge < -0.3 is 15.4 Å². The lowest BCUT2D eigenvalue weighted by Crippen LogP contribution is -2.45. The second-order valence-electron chi connectivity index (χ2n) is 4.67. The summed E-state index contributed by atoms with van der Waals surface area (Å²) in [6.07, 6.45) is 1.11. The molecule has 0 aromatic heterocycles. The van der Waals surface area contributed by atoms with Crippen molar-refractivity contribution in [3.63, 3.8) is 0 Å². The molecule has 17 heavy (non-hydrogen) atoms. The van der Waals surface area contributed by atoms with Gasteiger partial charge in [-0.2, -0.15) is 0 Å². The van der Waals surface area contributed by atoms with Crippen LogP contribution < -0.4 is 10.6 Å². The highest BCUT2D eigenvalue weighted by Gasteiger charge is 2.23. The van der Waals surface area contributed by atoms with Crippen molar-refractivity contribution >= 4 is 5.69 Å². The second kappa shape index (κ2) is 5.52. The lowest BCUT2D eigenvalue weighted by Gasteiger charge is -2.38. The van der Waals surface area contributed by atoms with Crippen LogP contribution in [0, 0.1) is 6.92 Å². The summed E-state index contributed by atoms with van der Waals surface area (Å²) in [7, 11) is 0. The molecule has 1 heterocycles. The highest BCUT2D eigenvalue weighted by atomic mass is 16.5. The summed E-state index contributed by atoms with van der Waals surface area (Å²) < 4.78 is 5.55. The van der Waals surface area contributed by atoms with Crippen LogP contribution in [0.4, 0.5) is 5.69 Å². The third kappa shape index (κ3) is 2.61. The lowest BCUT2D eigenvalue weighted by molar-refractivity contribution is 0.0929. The zero-order valence-electron chi connectivity index (χ0n) is 10.8. The predicted octanol–water partition coefficient (Wildman–Crippen LogP) is 2.07. The zero-order chi connectivity index (χ0) is 12.3. The minimum absolute atomic E-state index is 0.483. The molecule has 0 amide bonds. The predicted molar refractivity (Wildman–Crippen MR) is 71.3 cm³/mol. The minimum Gasteiger partial charge on any atom is -0.377 e. The number of rotatable bonds is 3. The van der Waals surface area contributed by atoms with Gasteiger partial charge in [-0.1, -0.05) is 24.6 Å². The third-order valence-corrected chi connectivity index (χ3v) is 3.46. The standard InChI is InChI=1S/C14H22N2O/c1-3-13-10-17-7-6-16(13)14-5-4-11(2)8-12(14)9-15/h4-5,8,13H,3,6-7,9-10,15H2,1-2H3. The van der Waals surface area contributed by atoms with E-state index < -0.39 is 0 Å². The van der Waals surface area contributed by atoms with Crippen LogP contribution in [0.2, 0.25) is 0 Å². The Bertz CT molecular complexity index is 378. The molecule has 1 aliphatic rings. The van der Waals surface area contributed by atoms with Crippen LogP contribution in [0.1, 0.15) is 24.5 Å². The molecule has 1 unspecified atom stereocenters. The van der Waals surface area contributed by atoms with E-state index >= 15 is 0 Å². The van der Waals surface area contributed by atoms with Gasteiger partial charge in [-0.25, -0.2) is 0 Å². The first-order valence-electron chi connectivity index (χ1n) is 6.40. The van der Waals surface area contributed by atoms with Crippen molar-refractivity contribution in [3.8, 4) is 0 Å². The van der Waals surface area contributed by atoms with Crippen molar-refractivity contribution in [2.75, 3.05) is 24.7 Å². The molecule has 2 N–H and O–H groups in total. The maximum absolute atomic E-state index is 5.86. The molecular weight excluding hydrogens is 212 g/mol. The number of aryl methyl sites for hydroxylation is 1. The first kappa shape index (κ1) is 12.4. The topological polar surface area (TPSA) is 38.5 Å². The van der Waals surface area contributed by atoms with E-state index in [9.17, 15) is 0 Å². The van der Waals surface area contributed by atoms with E-state index in [0.29, 0.717) is 12.6 Å². The second-order valence-corrected chi connectivity index (χ2v) is 4.67. The van der Waals surface area contributed by atoms with Gasteiger partial charge in [0.2, 0.25) is 0 Å². The molecule has 1 saturated heterocycles. The number of benzene rings is 1. The van der Waals surface area contributed by atoms with Crippen LogP contribution >= 0.6 is 0 Å². The van der Waals surface area contributed by atoms with Crippen molar-refractivity contribution in [2.24, 2.45) is 5.73 Å². The van der Waals surface area contributed by atoms with Gasteiger partial charge in [-0.3, -0.25) is 0 Å². The van der Waals surface area contributed by atoms with E-state index in [1.807, 2.05) is 0 Å². The molecule has 0 spiro atoms. The average Bonchev–Trinajstić information content (AvgIpc) is 2.38. The van der Waals surface area contributed by atoms with Gasteiger partial charge >= 0.3 is 0 Å². The average molecular weight is 234 g/mol. The number of hydrogen-bond donors (Lipinski definition) is 1. The number of morpholine rings is 1. The number of anilines is 1. The Hall–Kier alpha value is -1.06. The van der Waals surface area contributed by atoms with Gasteiger partial charge in [0.25, 0.3) is 0 Å². The van der Waals surface area contributed by atoms with E-state index in [1.165, 1.54) is 16.8 Å². The summed E-state index contributed by atoms with van der Waals surface area (Å²) in [6, 6.07) is 7.04. The first-order valence-corrected chi connectivity index (χ1v) is 6.40. The number of nitrogens with zero attached hydrogens (tertiary/aromatic N) is 1. The molecule has 1 aromatic rings. The lowest BCUT2D eigenvalue weighted by atomic mass is 10.1. The van der Waals surface area contributed by atoms with Crippen molar-refractivity contribution < 1.29 is 4.74 Å².